The molecule has 1 aromatic rings. The van der Waals surface area contributed by atoms with E-state index < -0.39 is 0 Å². The summed E-state index contributed by atoms with van der Waals surface area (Å²) in [5.41, 5.74) is 0.972. The van der Waals surface area contributed by atoms with Crippen LogP contribution < -0.4 is 4.74 Å². The Morgan fingerprint density at radius 2 is 2.18 bits per heavy atom. The lowest BCUT2D eigenvalue weighted by atomic mass is 10.1. The molecular weight excluding hydrogens is 286 g/mol. The summed E-state index contributed by atoms with van der Waals surface area (Å²) in [6.45, 7) is 3.60. The monoisotopic (exact) mass is 299 g/mol. The van der Waals surface area contributed by atoms with Crippen molar-refractivity contribution in [1.82, 2.24) is 0 Å². The second-order valence-electron chi connectivity index (χ2n) is 3.87. The summed E-state index contributed by atoms with van der Waals surface area (Å²) in [5, 5.41) is 10.9. The molecule has 92 valence electrons. The zero-order chi connectivity index (χ0) is 13.0. The van der Waals surface area contributed by atoms with E-state index in [9.17, 15) is 10.1 Å². The number of hydrogen-bond donors (Lipinski definition) is 0. The number of methoxy groups -OCH3 is 1. The zero-order valence-electron chi connectivity index (χ0n) is 9.94. The Hall–Kier alpha value is -1.36. The summed E-state index contributed by atoms with van der Waals surface area (Å²) in [6.07, 6.45) is 1.58. The Balaban J connectivity index is 3.12. The zero-order valence-corrected chi connectivity index (χ0v) is 11.5. The second-order valence-corrected chi connectivity index (χ2v) is 4.73. The molecule has 1 rings (SSSR count). The van der Waals surface area contributed by atoms with Gasteiger partial charge in [-0.1, -0.05) is 19.9 Å². The molecule has 0 aromatic heterocycles. The number of hydrogen-bond acceptors (Lipinski definition) is 3. The Morgan fingerprint density at radius 3 is 2.59 bits per heavy atom. The van der Waals surface area contributed by atoms with Crippen LogP contribution in [0.1, 0.15) is 19.4 Å². The van der Waals surface area contributed by atoms with Crippen molar-refractivity contribution in [3.8, 4) is 5.75 Å². The van der Waals surface area contributed by atoms with Gasteiger partial charge in [-0.3, -0.25) is 10.1 Å². The second kappa shape index (κ2) is 5.82. The van der Waals surface area contributed by atoms with Crippen LogP contribution in [-0.4, -0.2) is 12.0 Å². The predicted molar refractivity (Wildman–Crippen MR) is 70.5 cm³/mol. The van der Waals surface area contributed by atoms with E-state index in [2.05, 4.69) is 15.9 Å². The van der Waals surface area contributed by atoms with Crippen molar-refractivity contribution in [2.75, 3.05) is 7.11 Å². The van der Waals surface area contributed by atoms with Gasteiger partial charge in [0.15, 0.2) is 0 Å². The number of nitro groups is 1. The average Bonchev–Trinajstić information content (AvgIpc) is 2.25. The molecule has 0 saturated carbocycles. The fraction of sp³-hybridized carbons (Fsp3) is 0.333. The van der Waals surface area contributed by atoms with Gasteiger partial charge in [-0.15, -0.1) is 0 Å². The van der Waals surface area contributed by atoms with Gasteiger partial charge in [-0.25, -0.2) is 0 Å². The van der Waals surface area contributed by atoms with Crippen LogP contribution in [0.5, 0.6) is 5.75 Å². The molecule has 5 heteroatoms. The SMILES string of the molecule is COc1ccc(/C=C(/C(C)C)[N+](=O)[O-])cc1Br. The van der Waals surface area contributed by atoms with E-state index in [4.69, 9.17) is 4.74 Å². The molecule has 1 aromatic carbocycles. The van der Waals surface area contributed by atoms with Crippen LogP contribution in [0.4, 0.5) is 0 Å². The Morgan fingerprint density at radius 1 is 1.53 bits per heavy atom. The van der Waals surface area contributed by atoms with Crippen LogP contribution in [0, 0.1) is 16.0 Å². The molecular formula is C12H14BrNO3. The van der Waals surface area contributed by atoms with E-state index in [1.165, 1.54) is 0 Å². The summed E-state index contributed by atoms with van der Waals surface area (Å²) < 4.78 is 5.88. The van der Waals surface area contributed by atoms with Crippen LogP contribution in [-0.2, 0) is 0 Å². The normalized spacial score (nSPS) is 11.7. The average molecular weight is 300 g/mol. The van der Waals surface area contributed by atoms with E-state index in [0.29, 0.717) is 5.75 Å². The van der Waals surface area contributed by atoms with E-state index in [1.807, 2.05) is 0 Å². The molecule has 0 fully saturated rings. The maximum absolute atomic E-state index is 10.9. The molecule has 0 aliphatic carbocycles. The Kier molecular flexibility index (Phi) is 4.69. The van der Waals surface area contributed by atoms with Crippen molar-refractivity contribution in [2.24, 2.45) is 5.92 Å². The van der Waals surface area contributed by atoms with Gasteiger partial charge in [0.2, 0.25) is 5.70 Å². The summed E-state index contributed by atoms with van der Waals surface area (Å²) in [6, 6.07) is 5.36. The summed E-state index contributed by atoms with van der Waals surface area (Å²) >= 11 is 3.35. The number of halogens is 1. The Labute approximate surface area is 109 Å². The molecule has 0 radical (unpaired) electrons. The fourth-order valence-corrected chi connectivity index (χ4v) is 1.93. The number of nitrogens with zero attached hydrogens (tertiary/aromatic N) is 1. The van der Waals surface area contributed by atoms with Crippen LogP contribution in [0.25, 0.3) is 6.08 Å². The molecule has 0 aliphatic rings. The van der Waals surface area contributed by atoms with E-state index in [1.54, 1.807) is 45.2 Å². The Bertz CT molecular complexity index is 455. The first kappa shape index (κ1) is 13.7. The molecule has 4 nitrogen and oxygen atoms in total. The van der Waals surface area contributed by atoms with Gasteiger partial charge in [0.25, 0.3) is 0 Å². The highest BCUT2D eigenvalue weighted by molar-refractivity contribution is 9.10. The van der Waals surface area contributed by atoms with Gasteiger partial charge in [-0.2, -0.15) is 0 Å². The summed E-state index contributed by atoms with van der Waals surface area (Å²) in [5.74, 6) is 0.584. The molecule has 17 heavy (non-hydrogen) atoms. The van der Waals surface area contributed by atoms with Gasteiger partial charge < -0.3 is 4.74 Å². The van der Waals surface area contributed by atoms with E-state index in [0.717, 1.165) is 10.0 Å². The topological polar surface area (TPSA) is 52.4 Å². The molecule has 0 amide bonds. The van der Waals surface area contributed by atoms with Crippen molar-refractivity contribution in [3.05, 3.63) is 44.0 Å². The van der Waals surface area contributed by atoms with Crippen molar-refractivity contribution in [3.63, 3.8) is 0 Å². The highest BCUT2D eigenvalue weighted by Gasteiger charge is 2.15. The smallest absolute Gasteiger partial charge is 0.249 e. The number of benzene rings is 1. The first-order valence-electron chi connectivity index (χ1n) is 5.15. The first-order valence-corrected chi connectivity index (χ1v) is 5.94. The van der Waals surface area contributed by atoms with Gasteiger partial charge in [-0.05, 0) is 33.6 Å². The lowest BCUT2D eigenvalue weighted by molar-refractivity contribution is -0.431. The number of allylic oxidation sites excluding steroid dienone is 1. The minimum atomic E-state index is -0.344. The molecule has 0 spiro atoms. The number of ether oxygens (including phenoxy) is 1. The predicted octanol–water partition coefficient (Wildman–Crippen LogP) is 3.73. The molecule has 0 unspecified atom stereocenters. The highest BCUT2D eigenvalue weighted by atomic mass is 79.9. The van der Waals surface area contributed by atoms with Crippen molar-refractivity contribution in [1.29, 1.82) is 0 Å². The maximum atomic E-state index is 10.9. The molecule has 0 bridgehead atoms. The first-order chi connectivity index (χ1) is 7.95. The van der Waals surface area contributed by atoms with E-state index in [-0.39, 0.29) is 16.5 Å². The minimum absolute atomic E-state index is 0.120. The van der Waals surface area contributed by atoms with Gasteiger partial charge >= 0.3 is 0 Å². The lowest BCUT2D eigenvalue weighted by Crippen LogP contribution is -2.05. The van der Waals surface area contributed by atoms with Crippen molar-refractivity contribution < 1.29 is 9.66 Å². The molecule has 0 atom stereocenters. The summed E-state index contributed by atoms with van der Waals surface area (Å²) in [7, 11) is 1.58. The van der Waals surface area contributed by atoms with Gasteiger partial charge in [0.05, 0.1) is 16.5 Å². The van der Waals surface area contributed by atoms with Crippen LogP contribution in [0.2, 0.25) is 0 Å². The highest BCUT2D eigenvalue weighted by Crippen LogP contribution is 2.27. The third-order valence-electron chi connectivity index (χ3n) is 2.29. The van der Waals surface area contributed by atoms with Crippen LogP contribution in [0.15, 0.2) is 28.4 Å². The largest absolute Gasteiger partial charge is 0.496 e. The third kappa shape index (κ3) is 3.56. The molecule has 0 saturated heterocycles. The fourth-order valence-electron chi connectivity index (χ4n) is 1.37. The standard InChI is InChI=1S/C12H14BrNO3/c1-8(2)11(14(15)16)7-9-4-5-12(17-3)10(13)6-9/h4-8H,1-3H3/b11-7-. The van der Waals surface area contributed by atoms with E-state index >= 15 is 0 Å². The lowest BCUT2D eigenvalue weighted by Gasteiger charge is -2.05. The molecule has 0 N–H and O–H groups in total. The van der Waals surface area contributed by atoms with Crippen LogP contribution in [0.3, 0.4) is 0 Å². The maximum Gasteiger partial charge on any atom is 0.249 e. The van der Waals surface area contributed by atoms with Crippen molar-refractivity contribution >= 4 is 22.0 Å². The van der Waals surface area contributed by atoms with Crippen molar-refractivity contribution in [2.45, 2.75) is 13.8 Å². The quantitative estimate of drug-likeness (QED) is 0.629. The molecule has 0 aliphatic heterocycles. The van der Waals surface area contributed by atoms with Gasteiger partial charge in [0, 0.05) is 12.0 Å². The van der Waals surface area contributed by atoms with Gasteiger partial charge in [0.1, 0.15) is 5.75 Å². The molecule has 0 heterocycles. The van der Waals surface area contributed by atoms with Crippen LogP contribution >= 0.6 is 15.9 Å². The summed E-state index contributed by atoms with van der Waals surface area (Å²) in [4.78, 5) is 10.5. The third-order valence-corrected chi connectivity index (χ3v) is 2.91. The minimum Gasteiger partial charge on any atom is -0.496 e. The number of rotatable bonds is 4.